The van der Waals surface area contributed by atoms with Crippen molar-refractivity contribution in [1.29, 1.82) is 0 Å². The number of rotatable bonds is 5. The van der Waals surface area contributed by atoms with Crippen molar-refractivity contribution < 1.29 is 14.3 Å². The SMILES string of the molecule is COc1ccc(Cl)cc1C(=O)N1CCC[C@H]1C(=O)N(C)Cc1ccccc1Cl. The van der Waals surface area contributed by atoms with Crippen molar-refractivity contribution >= 4 is 35.0 Å². The summed E-state index contributed by atoms with van der Waals surface area (Å²) >= 11 is 12.3. The van der Waals surface area contributed by atoms with E-state index in [0.29, 0.717) is 40.9 Å². The average molecular weight is 421 g/mol. The summed E-state index contributed by atoms with van der Waals surface area (Å²) in [5, 5.41) is 1.06. The Balaban J connectivity index is 1.78. The molecule has 0 aliphatic carbocycles. The van der Waals surface area contributed by atoms with Gasteiger partial charge in [0, 0.05) is 30.2 Å². The number of halogens is 2. The zero-order valence-corrected chi connectivity index (χ0v) is 17.3. The normalized spacial score (nSPS) is 16.1. The zero-order valence-electron chi connectivity index (χ0n) is 15.8. The number of hydrogen-bond donors (Lipinski definition) is 0. The molecule has 2 aromatic carbocycles. The average Bonchev–Trinajstić information content (AvgIpc) is 3.18. The highest BCUT2D eigenvalue weighted by molar-refractivity contribution is 6.31. The fourth-order valence-electron chi connectivity index (χ4n) is 3.48. The number of likely N-dealkylation sites (tertiary alicyclic amines) is 1. The Kier molecular flexibility index (Phi) is 6.47. The first-order valence-electron chi connectivity index (χ1n) is 9.05. The number of likely N-dealkylation sites (N-methyl/N-ethyl adjacent to an activating group) is 1. The van der Waals surface area contributed by atoms with Gasteiger partial charge in [0.25, 0.3) is 5.91 Å². The summed E-state index contributed by atoms with van der Waals surface area (Å²) in [5.74, 6) is 0.0880. The van der Waals surface area contributed by atoms with E-state index in [-0.39, 0.29) is 11.8 Å². The molecule has 148 valence electrons. The number of benzene rings is 2. The molecule has 1 aliphatic heterocycles. The summed E-state index contributed by atoms with van der Waals surface area (Å²) in [5.41, 5.74) is 1.23. The van der Waals surface area contributed by atoms with Crippen molar-refractivity contribution in [3.05, 3.63) is 63.6 Å². The third-order valence-corrected chi connectivity index (χ3v) is 5.54. The molecule has 2 aromatic rings. The van der Waals surface area contributed by atoms with E-state index < -0.39 is 6.04 Å². The first-order chi connectivity index (χ1) is 13.4. The zero-order chi connectivity index (χ0) is 20.3. The largest absolute Gasteiger partial charge is 0.496 e. The van der Waals surface area contributed by atoms with E-state index in [1.807, 2.05) is 18.2 Å². The van der Waals surface area contributed by atoms with Crippen molar-refractivity contribution in [2.24, 2.45) is 0 Å². The minimum Gasteiger partial charge on any atom is -0.496 e. The number of nitrogens with zero attached hydrogens (tertiary/aromatic N) is 2. The van der Waals surface area contributed by atoms with Gasteiger partial charge in [0.05, 0.1) is 12.7 Å². The monoisotopic (exact) mass is 420 g/mol. The van der Waals surface area contributed by atoms with Crippen LogP contribution in [0.4, 0.5) is 0 Å². The second kappa shape index (κ2) is 8.84. The van der Waals surface area contributed by atoms with Crippen molar-refractivity contribution in [3.8, 4) is 5.75 Å². The lowest BCUT2D eigenvalue weighted by molar-refractivity contribution is -0.134. The van der Waals surface area contributed by atoms with Crippen LogP contribution in [0.15, 0.2) is 42.5 Å². The molecule has 0 saturated carbocycles. The predicted molar refractivity (Wildman–Crippen MR) is 110 cm³/mol. The highest BCUT2D eigenvalue weighted by atomic mass is 35.5. The lowest BCUT2D eigenvalue weighted by atomic mass is 10.1. The molecular weight excluding hydrogens is 399 g/mol. The van der Waals surface area contributed by atoms with Crippen LogP contribution in [0.25, 0.3) is 0 Å². The van der Waals surface area contributed by atoms with E-state index in [4.69, 9.17) is 27.9 Å². The van der Waals surface area contributed by atoms with Crippen molar-refractivity contribution in [3.63, 3.8) is 0 Å². The van der Waals surface area contributed by atoms with Gasteiger partial charge < -0.3 is 14.5 Å². The van der Waals surface area contributed by atoms with E-state index in [0.717, 1.165) is 12.0 Å². The molecule has 0 bridgehead atoms. The predicted octanol–water partition coefficient (Wildman–Crippen LogP) is 4.27. The molecule has 0 N–H and O–H groups in total. The molecule has 1 aliphatic rings. The van der Waals surface area contributed by atoms with Crippen LogP contribution >= 0.6 is 23.2 Å². The third-order valence-electron chi connectivity index (χ3n) is 4.93. The molecule has 1 fully saturated rings. The van der Waals surface area contributed by atoms with E-state index in [1.54, 1.807) is 41.1 Å². The number of amides is 2. The van der Waals surface area contributed by atoms with E-state index in [2.05, 4.69) is 0 Å². The topological polar surface area (TPSA) is 49.9 Å². The Bertz CT molecular complexity index is 888. The number of methoxy groups -OCH3 is 1. The van der Waals surface area contributed by atoms with Crippen LogP contribution in [0.5, 0.6) is 5.75 Å². The first kappa shape index (κ1) is 20.5. The number of carbonyl (C=O) groups excluding carboxylic acids is 2. The van der Waals surface area contributed by atoms with Crippen LogP contribution in [0.3, 0.4) is 0 Å². The Morgan fingerprint density at radius 3 is 2.68 bits per heavy atom. The highest BCUT2D eigenvalue weighted by Gasteiger charge is 2.37. The van der Waals surface area contributed by atoms with Gasteiger partial charge in [-0.25, -0.2) is 0 Å². The highest BCUT2D eigenvalue weighted by Crippen LogP contribution is 2.28. The van der Waals surface area contributed by atoms with E-state index in [9.17, 15) is 9.59 Å². The van der Waals surface area contributed by atoms with Gasteiger partial charge in [0.2, 0.25) is 5.91 Å². The minimum absolute atomic E-state index is 0.105. The Morgan fingerprint density at radius 1 is 1.21 bits per heavy atom. The lowest BCUT2D eigenvalue weighted by Gasteiger charge is -2.28. The number of hydrogen-bond acceptors (Lipinski definition) is 3. The molecule has 0 spiro atoms. The summed E-state index contributed by atoms with van der Waals surface area (Å²) in [7, 11) is 3.23. The molecule has 28 heavy (non-hydrogen) atoms. The third kappa shape index (κ3) is 4.26. The molecule has 0 unspecified atom stereocenters. The molecule has 1 saturated heterocycles. The van der Waals surface area contributed by atoms with Crippen LogP contribution in [0.2, 0.25) is 10.0 Å². The maximum atomic E-state index is 13.1. The minimum atomic E-state index is -0.510. The van der Waals surface area contributed by atoms with Gasteiger partial charge in [-0.1, -0.05) is 41.4 Å². The second-order valence-electron chi connectivity index (χ2n) is 6.79. The van der Waals surface area contributed by atoms with Gasteiger partial charge in [-0.2, -0.15) is 0 Å². The summed E-state index contributed by atoms with van der Waals surface area (Å²) in [4.78, 5) is 29.4. The summed E-state index contributed by atoms with van der Waals surface area (Å²) < 4.78 is 5.30. The number of ether oxygens (including phenoxy) is 1. The van der Waals surface area contributed by atoms with Crippen molar-refractivity contribution in [2.45, 2.75) is 25.4 Å². The van der Waals surface area contributed by atoms with Crippen molar-refractivity contribution in [1.82, 2.24) is 9.80 Å². The molecule has 7 heteroatoms. The quantitative estimate of drug-likeness (QED) is 0.725. The van der Waals surface area contributed by atoms with E-state index in [1.165, 1.54) is 7.11 Å². The fraction of sp³-hybridized carbons (Fsp3) is 0.333. The van der Waals surface area contributed by atoms with Gasteiger partial charge in [-0.3, -0.25) is 9.59 Å². The molecule has 1 heterocycles. The van der Waals surface area contributed by atoms with Crippen LogP contribution < -0.4 is 4.74 Å². The van der Waals surface area contributed by atoms with Crippen molar-refractivity contribution in [2.75, 3.05) is 20.7 Å². The molecule has 2 amide bonds. The molecule has 1 atom stereocenters. The number of carbonyl (C=O) groups is 2. The van der Waals surface area contributed by atoms with Crippen LogP contribution in [-0.2, 0) is 11.3 Å². The smallest absolute Gasteiger partial charge is 0.258 e. The second-order valence-corrected chi connectivity index (χ2v) is 7.63. The molecule has 3 rings (SSSR count). The standard InChI is InChI=1S/C21H22Cl2N2O3/c1-24(13-14-6-3-4-7-17(14)23)21(27)18-8-5-11-25(18)20(26)16-12-15(22)9-10-19(16)28-2/h3-4,6-7,9-10,12,18H,5,8,11,13H2,1-2H3/t18-/m0/s1. The lowest BCUT2D eigenvalue weighted by Crippen LogP contribution is -2.46. The van der Waals surface area contributed by atoms with Gasteiger partial charge in [-0.05, 0) is 42.7 Å². The van der Waals surface area contributed by atoms with Crippen LogP contribution in [-0.4, -0.2) is 48.4 Å². The molecule has 0 radical (unpaired) electrons. The van der Waals surface area contributed by atoms with Gasteiger partial charge >= 0.3 is 0 Å². The summed E-state index contributed by atoms with van der Waals surface area (Å²) in [6.45, 7) is 0.905. The molecule has 5 nitrogen and oxygen atoms in total. The van der Waals surface area contributed by atoms with E-state index >= 15 is 0 Å². The van der Waals surface area contributed by atoms with Crippen LogP contribution in [0.1, 0.15) is 28.8 Å². The fourth-order valence-corrected chi connectivity index (χ4v) is 3.85. The summed E-state index contributed by atoms with van der Waals surface area (Å²) in [6.07, 6.45) is 1.39. The Labute approximate surface area is 174 Å². The van der Waals surface area contributed by atoms with Gasteiger partial charge in [0.1, 0.15) is 11.8 Å². The maximum absolute atomic E-state index is 13.1. The van der Waals surface area contributed by atoms with Crippen LogP contribution in [0, 0.1) is 0 Å². The molecule has 0 aromatic heterocycles. The summed E-state index contributed by atoms with van der Waals surface area (Å²) in [6, 6.07) is 11.8. The first-order valence-corrected chi connectivity index (χ1v) is 9.81. The Morgan fingerprint density at radius 2 is 1.96 bits per heavy atom. The van der Waals surface area contributed by atoms with Gasteiger partial charge in [0.15, 0.2) is 0 Å². The Hall–Kier alpha value is -2.24. The van der Waals surface area contributed by atoms with Gasteiger partial charge in [-0.15, -0.1) is 0 Å². The molecular formula is C21H22Cl2N2O3. The maximum Gasteiger partial charge on any atom is 0.258 e.